The van der Waals surface area contributed by atoms with Crippen molar-refractivity contribution in [2.24, 2.45) is 0 Å². The van der Waals surface area contributed by atoms with Crippen LogP contribution in [0.25, 0.3) is 11.4 Å². The minimum atomic E-state index is 0.498. The van der Waals surface area contributed by atoms with Gasteiger partial charge in [-0.1, -0.05) is 12.1 Å². The fourth-order valence-electron chi connectivity index (χ4n) is 4.19. The van der Waals surface area contributed by atoms with Crippen molar-refractivity contribution in [2.45, 2.75) is 24.8 Å². The van der Waals surface area contributed by atoms with Crippen LogP contribution in [0.5, 0.6) is 0 Å². The lowest BCUT2D eigenvalue weighted by molar-refractivity contribution is -0.0712. The zero-order valence-electron chi connectivity index (χ0n) is 17.2. The van der Waals surface area contributed by atoms with E-state index in [9.17, 15) is 0 Å². The van der Waals surface area contributed by atoms with Gasteiger partial charge in [-0.15, -0.1) is 0 Å². The number of hydrogen-bond donors (Lipinski definition) is 1. The molecule has 0 aliphatic carbocycles. The first-order chi connectivity index (χ1) is 15.3. The van der Waals surface area contributed by atoms with Crippen molar-refractivity contribution in [3.63, 3.8) is 0 Å². The maximum Gasteiger partial charge on any atom is 0.230 e. The van der Waals surface area contributed by atoms with Crippen LogP contribution in [-0.2, 0) is 4.74 Å². The summed E-state index contributed by atoms with van der Waals surface area (Å²) < 4.78 is 5.33. The third kappa shape index (κ3) is 4.41. The van der Waals surface area contributed by atoms with Gasteiger partial charge >= 0.3 is 0 Å². The van der Waals surface area contributed by atoms with Crippen LogP contribution in [0.3, 0.4) is 0 Å². The van der Waals surface area contributed by atoms with Gasteiger partial charge in [-0.25, -0.2) is 9.97 Å². The van der Waals surface area contributed by atoms with Crippen LogP contribution >= 0.6 is 0 Å². The van der Waals surface area contributed by atoms with E-state index in [4.69, 9.17) is 10.00 Å². The van der Waals surface area contributed by atoms with E-state index in [0.29, 0.717) is 29.3 Å². The molecule has 156 valence electrons. The minimum absolute atomic E-state index is 0.498. The number of hydrogen-bond acceptors (Lipinski definition) is 7. The van der Waals surface area contributed by atoms with Crippen molar-refractivity contribution >= 4 is 11.6 Å². The third-order valence-electron chi connectivity index (χ3n) is 6.15. The maximum absolute atomic E-state index is 8.95. The summed E-state index contributed by atoms with van der Waals surface area (Å²) in [5.41, 5.74) is 3.80. The summed E-state index contributed by atoms with van der Waals surface area (Å²) in [4.78, 5) is 15.6. The molecular weight excluding hydrogens is 388 g/mol. The Morgan fingerprint density at radius 2 is 1.71 bits per heavy atom. The standard InChI is InChI=1S/C24H24N6O/c25-13-17-1-3-20(4-2-17)23-26-16-27-24(29-23)28-21-7-5-18(6-8-21)19-9-11-30(12-10-19)22-14-31-15-22/h1-8,16,19,22H,9-12,14-15H2,(H,26,27,28,29). The Morgan fingerprint density at radius 1 is 0.968 bits per heavy atom. The molecule has 5 rings (SSSR count). The molecule has 2 saturated heterocycles. The number of nitrogens with zero attached hydrogens (tertiary/aromatic N) is 5. The summed E-state index contributed by atoms with van der Waals surface area (Å²) in [7, 11) is 0. The van der Waals surface area contributed by atoms with E-state index in [2.05, 4.69) is 55.5 Å². The summed E-state index contributed by atoms with van der Waals surface area (Å²) in [6.07, 6.45) is 3.90. The van der Waals surface area contributed by atoms with Crippen LogP contribution in [0.15, 0.2) is 54.9 Å². The summed E-state index contributed by atoms with van der Waals surface area (Å²) in [5.74, 6) is 1.69. The van der Waals surface area contributed by atoms with Gasteiger partial charge in [-0.05, 0) is 73.8 Å². The van der Waals surface area contributed by atoms with Gasteiger partial charge in [0, 0.05) is 11.3 Å². The molecule has 0 radical (unpaired) electrons. The first-order valence-corrected chi connectivity index (χ1v) is 10.7. The molecule has 2 fully saturated rings. The third-order valence-corrected chi connectivity index (χ3v) is 6.15. The molecule has 31 heavy (non-hydrogen) atoms. The number of nitrogens with one attached hydrogen (secondary N) is 1. The predicted octanol–water partition coefficient (Wildman–Crippen LogP) is 3.73. The van der Waals surface area contributed by atoms with Crippen molar-refractivity contribution in [1.82, 2.24) is 19.9 Å². The van der Waals surface area contributed by atoms with Gasteiger partial charge in [-0.3, -0.25) is 4.90 Å². The second-order valence-electron chi connectivity index (χ2n) is 8.07. The molecular formula is C24H24N6O. The molecule has 3 heterocycles. The molecule has 2 aliphatic heterocycles. The van der Waals surface area contributed by atoms with Crippen LogP contribution < -0.4 is 5.32 Å². The first kappa shape index (κ1) is 19.6. The van der Waals surface area contributed by atoms with Crippen molar-refractivity contribution in [1.29, 1.82) is 5.26 Å². The highest BCUT2D eigenvalue weighted by molar-refractivity contribution is 5.59. The highest BCUT2D eigenvalue weighted by Crippen LogP contribution is 2.31. The van der Waals surface area contributed by atoms with Crippen LogP contribution in [-0.4, -0.2) is 52.2 Å². The van der Waals surface area contributed by atoms with Crippen LogP contribution in [0, 0.1) is 11.3 Å². The molecule has 0 saturated carbocycles. The molecule has 7 heteroatoms. The van der Waals surface area contributed by atoms with E-state index in [1.165, 1.54) is 24.7 Å². The lowest BCUT2D eigenvalue weighted by Gasteiger charge is -2.41. The van der Waals surface area contributed by atoms with E-state index >= 15 is 0 Å². The number of piperidine rings is 1. The normalized spacial score (nSPS) is 17.6. The van der Waals surface area contributed by atoms with Gasteiger partial charge in [0.1, 0.15) is 6.33 Å². The molecule has 3 aromatic rings. The molecule has 0 amide bonds. The van der Waals surface area contributed by atoms with E-state index < -0.39 is 0 Å². The Labute approximate surface area is 181 Å². The summed E-state index contributed by atoms with van der Waals surface area (Å²) in [6, 6.07) is 18.6. The number of anilines is 2. The van der Waals surface area contributed by atoms with Gasteiger partial charge < -0.3 is 10.1 Å². The monoisotopic (exact) mass is 412 g/mol. The minimum Gasteiger partial charge on any atom is -0.378 e. The van der Waals surface area contributed by atoms with E-state index in [0.717, 1.165) is 37.6 Å². The molecule has 0 bridgehead atoms. The number of ether oxygens (including phenoxy) is 1. The van der Waals surface area contributed by atoms with E-state index in [1.54, 1.807) is 12.1 Å². The topological polar surface area (TPSA) is 87.0 Å². The fraction of sp³-hybridized carbons (Fsp3) is 0.333. The van der Waals surface area contributed by atoms with E-state index in [-0.39, 0.29) is 0 Å². The first-order valence-electron chi connectivity index (χ1n) is 10.7. The Morgan fingerprint density at radius 3 is 2.35 bits per heavy atom. The molecule has 2 aliphatic rings. The molecule has 0 spiro atoms. The fourth-order valence-corrected chi connectivity index (χ4v) is 4.19. The molecule has 7 nitrogen and oxygen atoms in total. The summed E-state index contributed by atoms with van der Waals surface area (Å²) in [5, 5.41) is 12.2. The number of benzene rings is 2. The zero-order valence-corrected chi connectivity index (χ0v) is 17.2. The zero-order chi connectivity index (χ0) is 21.0. The quantitative estimate of drug-likeness (QED) is 0.683. The number of nitriles is 1. The summed E-state index contributed by atoms with van der Waals surface area (Å²) >= 11 is 0. The Bertz CT molecular complexity index is 1060. The second-order valence-corrected chi connectivity index (χ2v) is 8.07. The lowest BCUT2D eigenvalue weighted by Crippen LogP contribution is -2.51. The van der Waals surface area contributed by atoms with Crippen LogP contribution in [0.2, 0.25) is 0 Å². The van der Waals surface area contributed by atoms with Crippen molar-refractivity contribution in [3.8, 4) is 17.5 Å². The highest BCUT2D eigenvalue weighted by Gasteiger charge is 2.29. The van der Waals surface area contributed by atoms with Gasteiger partial charge in [-0.2, -0.15) is 10.2 Å². The molecule has 1 N–H and O–H groups in total. The number of rotatable bonds is 5. The maximum atomic E-state index is 8.95. The predicted molar refractivity (Wildman–Crippen MR) is 118 cm³/mol. The van der Waals surface area contributed by atoms with Crippen molar-refractivity contribution in [2.75, 3.05) is 31.6 Å². The Kier molecular flexibility index (Phi) is 5.57. The average Bonchev–Trinajstić information content (AvgIpc) is 2.79. The highest BCUT2D eigenvalue weighted by atomic mass is 16.5. The Hall–Kier alpha value is -3.34. The molecule has 2 aromatic carbocycles. The SMILES string of the molecule is N#Cc1ccc(-c2ncnc(Nc3ccc(C4CCN(C5COC5)CC4)cc3)n2)cc1. The van der Waals surface area contributed by atoms with Gasteiger partial charge in [0.15, 0.2) is 5.82 Å². The Balaban J connectivity index is 1.22. The van der Waals surface area contributed by atoms with Crippen LogP contribution in [0.4, 0.5) is 11.6 Å². The molecule has 0 unspecified atom stereocenters. The van der Waals surface area contributed by atoms with Crippen LogP contribution in [0.1, 0.15) is 29.9 Å². The largest absolute Gasteiger partial charge is 0.378 e. The molecule has 0 atom stereocenters. The van der Waals surface area contributed by atoms with E-state index in [1.807, 2.05) is 12.1 Å². The number of aromatic nitrogens is 3. The lowest BCUT2D eigenvalue weighted by atomic mass is 9.88. The average molecular weight is 412 g/mol. The second kappa shape index (κ2) is 8.80. The van der Waals surface area contributed by atoms with Gasteiger partial charge in [0.05, 0.1) is 30.9 Å². The van der Waals surface area contributed by atoms with Gasteiger partial charge in [0.2, 0.25) is 5.95 Å². The smallest absolute Gasteiger partial charge is 0.230 e. The van der Waals surface area contributed by atoms with Crippen molar-refractivity contribution in [3.05, 3.63) is 66.0 Å². The summed E-state index contributed by atoms with van der Waals surface area (Å²) in [6.45, 7) is 4.10. The van der Waals surface area contributed by atoms with Crippen molar-refractivity contribution < 1.29 is 4.74 Å². The molecule has 1 aromatic heterocycles. The number of likely N-dealkylation sites (tertiary alicyclic amines) is 1. The van der Waals surface area contributed by atoms with Gasteiger partial charge in [0.25, 0.3) is 0 Å².